The predicted octanol–water partition coefficient (Wildman–Crippen LogP) is 1.83. The van der Waals surface area contributed by atoms with Gasteiger partial charge in [-0.15, -0.1) is 0 Å². The molecule has 3 N–H and O–H groups in total. The molecule has 21 heavy (non-hydrogen) atoms. The van der Waals surface area contributed by atoms with Crippen LogP contribution >= 0.6 is 12.2 Å². The molecule has 1 aromatic carbocycles. The van der Waals surface area contributed by atoms with E-state index in [-0.39, 0.29) is 6.10 Å². The van der Waals surface area contributed by atoms with Gasteiger partial charge in [-0.2, -0.15) is 5.10 Å². The third kappa shape index (κ3) is 4.49. The van der Waals surface area contributed by atoms with Crippen molar-refractivity contribution < 1.29 is 9.84 Å². The second-order valence-electron chi connectivity index (χ2n) is 4.39. The van der Waals surface area contributed by atoms with Crippen LogP contribution in [0.3, 0.4) is 0 Å². The zero-order chi connectivity index (χ0) is 15.1. The maximum Gasteiger partial charge on any atom is 0.191 e. The van der Waals surface area contributed by atoms with Crippen molar-refractivity contribution in [3.63, 3.8) is 0 Å². The molecule has 0 fully saturated rings. The summed E-state index contributed by atoms with van der Waals surface area (Å²) in [5.74, 6) is 0. The summed E-state index contributed by atoms with van der Waals surface area (Å²) in [6, 6.07) is 9.55. The lowest BCUT2D eigenvalue weighted by molar-refractivity contribution is 0.0386. The Bertz CT molecular complexity index is 570. The van der Waals surface area contributed by atoms with Gasteiger partial charge >= 0.3 is 0 Å². The van der Waals surface area contributed by atoms with Gasteiger partial charge in [0.2, 0.25) is 0 Å². The van der Waals surface area contributed by atoms with E-state index in [0.717, 1.165) is 5.69 Å². The average Bonchev–Trinajstić information content (AvgIpc) is 2.50. The first-order valence-electron chi connectivity index (χ1n) is 6.45. The van der Waals surface area contributed by atoms with Gasteiger partial charge in [-0.05, 0) is 24.4 Å². The number of para-hydroxylation sites is 1. The number of benzene rings is 1. The molecule has 0 spiro atoms. The molecule has 0 saturated heterocycles. The number of hydrogen-bond donors (Lipinski definition) is 3. The summed E-state index contributed by atoms with van der Waals surface area (Å²) in [5, 5.41) is 17.4. The molecule has 2 atom stereocenters. The molecule has 0 aliphatic heterocycles. The quantitative estimate of drug-likeness (QED) is 0.450. The number of ether oxygens (including phenoxy) is 1. The van der Waals surface area contributed by atoms with Gasteiger partial charge in [0.05, 0.1) is 6.21 Å². The third-order valence-corrected chi connectivity index (χ3v) is 3.12. The Morgan fingerprint density at radius 2 is 2.14 bits per heavy atom. The lowest BCUT2D eigenvalue weighted by Gasteiger charge is -2.21. The number of nitrogens with zero attached hydrogens (tertiary/aromatic N) is 1. The van der Waals surface area contributed by atoms with Crippen LogP contribution in [0.1, 0.15) is 0 Å². The Morgan fingerprint density at radius 3 is 2.86 bits per heavy atom. The molecule has 1 aliphatic rings. The number of methoxy groups -OCH3 is 1. The van der Waals surface area contributed by atoms with Crippen LogP contribution in [-0.2, 0) is 4.74 Å². The van der Waals surface area contributed by atoms with Crippen LogP contribution in [0.15, 0.2) is 59.2 Å². The van der Waals surface area contributed by atoms with Gasteiger partial charge < -0.3 is 15.2 Å². The van der Waals surface area contributed by atoms with Gasteiger partial charge in [0, 0.05) is 18.4 Å². The summed E-state index contributed by atoms with van der Waals surface area (Å²) in [7, 11) is 1.55. The summed E-state index contributed by atoms with van der Waals surface area (Å²) < 4.78 is 5.14. The summed E-state index contributed by atoms with van der Waals surface area (Å²) in [6.45, 7) is 0. The zero-order valence-corrected chi connectivity index (χ0v) is 12.4. The third-order valence-electron chi connectivity index (χ3n) is 2.93. The van der Waals surface area contributed by atoms with Crippen molar-refractivity contribution in [1.82, 2.24) is 5.43 Å². The standard InChI is InChI=1S/C15H17N3O2S/c1-20-13-9-5-6-11(14(13)19)10-16-18-15(21)17-12-7-3-2-4-8-12/h2-10,13-14,19H,1H3,(H2,17,18,21)/b16-10-. The van der Waals surface area contributed by atoms with Gasteiger partial charge in [-0.1, -0.05) is 36.4 Å². The van der Waals surface area contributed by atoms with E-state index in [4.69, 9.17) is 17.0 Å². The van der Waals surface area contributed by atoms with Crippen molar-refractivity contribution in [1.29, 1.82) is 0 Å². The van der Waals surface area contributed by atoms with E-state index in [0.29, 0.717) is 10.7 Å². The molecule has 5 nitrogen and oxygen atoms in total. The van der Waals surface area contributed by atoms with E-state index in [1.807, 2.05) is 36.4 Å². The Morgan fingerprint density at radius 1 is 1.38 bits per heavy atom. The topological polar surface area (TPSA) is 65.9 Å². The van der Waals surface area contributed by atoms with Gasteiger partial charge in [0.25, 0.3) is 0 Å². The fourth-order valence-corrected chi connectivity index (χ4v) is 2.01. The summed E-state index contributed by atoms with van der Waals surface area (Å²) >= 11 is 5.12. The Hall–Kier alpha value is -2.02. The lowest BCUT2D eigenvalue weighted by atomic mass is 10.0. The molecule has 0 radical (unpaired) electrons. The number of thiocarbonyl (C=S) groups is 1. The molecular weight excluding hydrogens is 286 g/mol. The normalized spacial score (nSPS) is 21.1. The minimum absolute atomic E-state index is 0.356. The fraction of sp³-hybridized carbons (Fsp3) is 0.200. The van der Waals surface area contributed by atoms with E-state index < -0.39 is 6.10 Å². The molecule has 6 heteroatoms. The van der Waals surface area contributed by atoms with Crippen molar-refractivity contribution >= 4 is 29.2 Å². The molecule has 0 saturated carbocycles. The minimum Gasteiger partial charge on any atom is -0.385 e. The van der Waals surface area contributed by atoms with Crippen molar-refractivity contribution in [3.05, 3.63) is 54.1 Å². The number of hydrogen-bond acceptors (Lipinski definition) is 4. The number of nitrogens with one attached hydrogen (secondary N) is 2. The highest BCUT2D eigenvalue weighted by Gasteiger charge is 2.21. The molecule has 0 bridgehead atoms. The lowest BCUT2D eigenvalue weighted by Crippen LogP contribution is -2.31. The largest absolute Gasteiger partial charge is 0.385 e. The number of aliphatic hydroxyl groups excluding tert-OH is 1. The van der Waals surface area contributed by atoms with Gasteiger partial charge in [-0.3, -0.25) is 5.43 Å². The minimum atomic E-state index is -0.735. The first-order chi connectivity index (χ1) is 10.2. The van der Waals surface area contributed by atoms with Gasteiger partial charge in [-0.25, -0.2) is 0 Å². The maximum atomic E-state index is 10.0. The van der Waals surface area contributed by atoms with Crippen molar-refractivity contribution in [2.75, 3.05) is 12.4 Å². The van der Waals surface area contributed by atoms with Gasteiger partial charge in [0.1, 0.15) is 12.2 Å². The molecule has 110 valence electrons. The molecule has 0 amide bonds. The maximum absolute atomic E-state index is 10.0. The average molecular weight is 303 g/mol. The summed E-state index contributed by atoms with van der Waals surface area (Å²) in [5.41, 5.74) is 4.24. The smallest absolute Gasteiger partial charge is 0.191 e. The van der Waals surface area contributed by atoms with Crippen molar-refractivity contribution in [3.8, 4) is 0 Å². The number of allylic oxidation sites excluding steroid dienone is 2. The van der Waals surface area contributed by atoms with Crippen LogP contribution in [0.4, 0.5) is 5.69 Å². The number of aliphatic hydroxyl groups is 1. The highest BCUT2D eigenvalue weighted by atomic mass is 32.1. The van der Waals surface area contributed by atoms with E-state index >= 15 is 0 Å². The first-order valence-corrected chi connectivity index (χ1v) is 6.86. The molecular formula is C15H17N3O2S. The number of rotatable bonds is 4. The molecule has 2 unspecified atom stereocenters. The monoisotopic (exact) mass is 303 g/mol. The van der Waals surface area contributed by atoms with Crippen LogP contribution in [0.2, 0.25) is 0 Å². The Balaban J connectivity index is 1.86. The van der Waals surface area contributed by atoms with E-state index in [1.165, 1.54) is 6.21 Å². The number of anilines is 1. The summed E-state index contributed by atoms with van der Waals surface area (Å²) in [6.07, 6.45) is 5.82. The highest BCUT2D eigenvalue weighted by molar-refractivity contribution is 7.80. The van der Waals surface area contributed by atoms with E-state index in [1.54, 1.807) is 19.3 Å². The van der Waals surface area contributed by atoms with Crippen LogP contribution in [0.25, 0.3) is 0 Å². The second-order valence-corrected chi connectivity index (χ2v) is 4.80. The number of hydrazone groups is 1. The molecule has 2 rings (SSSR count). The Labute approximate surface area is 129 Å². The first kappa shape index (κ1) is 15.4. The van der Waals surface area contributed by atoms with Crippen molar-refractivity contribution in [2.24, 2.45) is 5.10 Å². The summed E-state index contributed by atoms with van der Waals surface area (Å²) in [4.78, 5) is 0. The van der Waals surface area contributed by atoms with E-state index in [2.05, 4.69) is 15.8 Å². The molecule has 0 aromatic heterocycles. The predicted molar refractivity (Wildman–Crippen MR) is 88.3 cm³/mol. The van der Waals surface area contributed by atoms with Crippen LogP contribution in [-0.4, -0.2) is 35.8 Å². The highest BCUT2D eigenvalue weighted by Crippen LogP contribution is 2.14. The van der Waals surface area contributed by atoms with Crippen LogP contribution in [0, 0.1) is 0 Å². The Kier molecular flexibility index (Phi) is 5.62. The fourth-order valence-electron chi connectivity index (χ4n) is 1.84. The SMILES string of the molecule is COC1C=CC=C(/C=N\NC(=S)Nc2ccccc2)C1O. The van der Waals surface area contributed by atoms with Crippen molar-refractivity contribution in [2.45, 2.75) is 12.2 Å². The van der Waals surface area contributed by atoms with Gasteiger partial charge in [0.15, 0.2) is 5.11 Å². The molecule has 0 heterocycles. The van der Waals surface area contributed by atoms with Crippen LogP contribution in [0.5, 0.6) is 0 Å². The van der Waals surface area contributed by atoms with Crippen LogP contribution < -0.4 is 10.7 Å². The zero-order valence-electron chi connectivity index (χ0n) is 11.6. The molecule has 1 aliphatic carbocycles. The second kappa shape index (κ2) is 7.68. The van der Waals surface area contributed by atoms with E-state index in [9.17, 15) is 5.11 Å². The molecule has 1 aromatic rings.